The maximum atomic E-state index is 13.4. The molecule has 0 spiro atoms. The van der Waals surface area contributed by atoms with Crippen molar-refractivity contribution in [3.05, 3.63) is 59.3 Å². The van der Waals surface area contributed by atoms with Crippen LogP contribution in [0.4, 0.5) is 0 Å². The molecule has 0 aliphatic carbocycles. The van der Waals surface area contributed by atoms with Crippen LogP contribution in [0.15, 0.2) is 53.7 Å². The summed E-state index contributed by atoms with van der Waals surface area (Å²) in [7, 11) is 0. The molecule has 0 bridgehead atoms. The summed E-state index contributed by atoms with van der Waals surface area (Å²) < 4.78 is 8.80. The van der Waals surface area contributed by atoms with Crippen molar-refractivity contribution in [1.82, 2.24) is 29.0 Å². The smallest absolute Gasteiger partial charge is 0.262 e. The van der Waals surface area contributed by atoms with Crippen LogP contribution in [0.3, 0.4) is 0 Å². The van der Waals surface area contributed by atoms with E-state index >= 15 is 0 Å². The molecule has 3 aromatic heterocycles. The summed E-state index contributed by atoms with van der Waals surface area (Å²) in [5.41, 5.74) is 2.21. The average molecular weight is 376 g/mol. The van der Waals surface area contributed by atoms with E-state index in [4.69, 9.17) is 4.74 Å². The molecule has 0 amide bonds. The van der Waals surface area contributed by atoms with E-state index in [-0.39, 0.29) is 5.56 Å². The van der Waals surface area contributed by atoms with Crippen molar-refractivity contribution in [3.8, 4) is 11.3 Å². The predicted molar refractivity (Wildman–Crippen MR) is 105 cm³/mol. The molecule has 1 aliphatic rings. The fourth-order valence-corrected chi connectivity index (χ4v) is 3.68. The molecular weight excluding hydrogens is 356 g/mol. The quantitative estimate of drug-likeness (QED) is 0.536. The van der Waals surface area contributed by atoms with Crippen LogP contribution in [0.2, 0.25) is 0 Å². The maximum Gasteiger partial charge on any atom is 0.262 e. The van der Waals surface area contributed by atoms with Crippen molar-refractivity contribution in [2.75, 3.05) is 32.8 Å². The maximum absolute atomic E-state index is 13.4. The molecule has 8 nitrogen and oxygen atoms in total. The molecule has 0 N–H and O–H groups in total. The zero-order valence-corrected chi connectivity index (χ0v) is 15.4. The van der Waals surface area contributed by atoms with E-state index in [1.54, 1.807) is 9.08 Å². The molecule has 0 radical (unpaired) electrons. The number of ether oxygens (including phenoxy) is 1. The van der Waals surface area contributed by atoms with Gasteiger partial charge in [-0.3, -0.25) is 9.69 Å². The molecule has 28 heavy (non-hydrogen) atoms. The van der Waals surface area contributed by atoms with Gasteiger partial charge in [-0.05, 0) is 6.07 Å². The molecular formula is C20H20N6O2. The fraction of sp³-hybridized carbons (Fsp3) is 0.300. The van der Waals surface area contributed by atoms with Gasteiger partial charge in [0.25, 0.3) is 11.3 Å². The molecule has 4 aromatic rings. The van der Waals surface area contributed by atoms with Crippen molar-refractivity contribution in [2.24, 2.45) is 0 Å². The van der Waals surface area contributed by atoms with Crippen LogP contribution in [0.25, 0.3) is 27.9 Å². The van der Waals surface area contributed by atoms with Crippen LogP contribution in [-0.4, -0.2) is 61.9 Å². The lowest BCUT2D eigenvalue weighted by Gasteiger charge is -2.26. The van der Waals surface area contributed by atoms with Gasteiger partial charge in [-0.1, -0.05) is 30.3 Å². The third-order valence-corrected chi connectivity index (χ3v) is 5.15. The number of benzene rings is 1. The van der Waals surface area contributed by atoms with Gasteiger partial charge in [0.2, 0.25) is 0 Å². The van der Waals surface area contributed by atoms with E-state index in [9.17, 15) is 4.79 Å². The number of pyridine rings is 1. The van der Waals surface area contributed by atoms with Gasteiger partial charge in [-0.2, -0.15) is 14.6 Å². The number of hydrogen-bond donors (Lipinski definition) is 0. The molecule has 0 atom stereocenters. The molecule has 0 unspecified atom stereocenters. The number of rotatable bonds is 4. The normalized spacial score (nSPS) is 15.4. The monoisotopic (exact) mass is 376 g/mol. The molecule has 4 heterocycles. The van der Waals surface area contributed by atoms with Gasteiger partial charge in [0.05, 0.1) is 29.8 Å². The summed E-state index contributed by atoms with van der Waals surface area (Å²) in [6, 6.07) is 11.7. The van der Waals surface area contributed by atoms with Crippen molar-refractivity contribution in [2.45, 2.75) is 6.54 Å². The second kappa shape index (κ2) is 7.14. The van der Waals surface area contributed by atoms with Gasteiger partial charge in [-0.15, -0.1) is 0 Å². The van der Waals surface area contributed by atoms with E-state index in [1.165, 1.54) is 6.33 Å². The summed E-state index contributed by atoms with van der Waals surface area (Å²) in [4.78, 5) is 24.4. The Bertz CT molecular complexity index is 1180. The van der Waals surface area contributed by atoms with E-state index in [0.29, 0.717) is 23.2 Å². The minimum Gasteiger partial charge on any atom is -0.379 e. The highest BCUT2D eigenvalue weighted by Crippen LogP contribution is 2.25. The van der Waals surface area contributed by atoms with E-state index in [2.05, 4.69) is 20.0 Å². The summed E-state index contributed by atoms with van der Waals surface area (Å²) in [6.45, 7) is 4.74. The van der Waals surface area contributed by atoms with Gasteiger partial charge < -0.3 is 9.30 Å². The van der Waals surface area contributed by atoms with Crippen LogP contribution >= 0.6 is 0 Å². The Morgan fingerprint density at radius 1 is 1.04 bits per heavy atom. The first-order valence-corrected chi connectivity index (χ1v) is 9.40. The van der Waals surface area contributed by atoms with E-state index in [0.717, 1.165) is 44.1 Å². The Labute approximate surface area is 161 Å². The second-order valence-corrected chi connectivity index (χ2v) is 6.83. The zero-order chi connectivity index (χ0) is 18.9. The fourth-order valence-electron chi connectivity index (χ4n) is 3.68. The number of fused-ring (bicyclic) bond motifs is 2. The lowest BCUT2D eigenvalue weighted by atomic mass is 10.1. The molecule has 1 aromatic carbocycles. The minimum atomic E-state index is -0.0606. The highest BCUT2D eigenvalue weighted by atomic mass is 16.5. The lowest BCUT2D eigenvalue weighted by Crippen LogP contribution is -2.39. The van der Waals surface area contributed by atoms with E-state index < -0.39 is 0 Å². The summed E-state index contributed by atoms with van der Waals surface area (Å²) in [6.07, 6.45) is 3.28. The lowest BCUT2D eigenvalue weighted by molar-refractivity contribution is 0.0363. The average Bonchev–Trinajstić information content (AvgIpc) is 3.21. The molecule has 142 valence electrons. The van der Waals surface area contributed by atoms with Gasteiger partial charge in [0, 0.05) is 37.9 Å². The molecule has 1 fully saturated rings. The Morgan fingerprint density at radius 3 is 2.68 bits per heavy atom. The first-order chi connectivity index (χ1) is 13.8. The summed E-state index contributed by atoms with van der Waals surface area (Å²) in [5.74, 6) is 0.483. The Balaban J connectivity index is 1.64. The van der Waals surface area contributed by atoms with Crippen molar-refractivity contribution in [1.29, 1.82) is 0 Å². The van der Waals surface area contributed by atoms with Crippen LogP contribution in [0.1, 0.15) is 0 Å². The van der Waals surface area contributed by atoms with Crippen molar-refractivity contribution in [3.63, 3.8) is 0 Å². The van der Waals surface area contributed by atoms with Crippen molar-refractivity contribution >= 4 is 16.7 Å². The number of aromatic nitrogens is 5. The molecule has 0 saturated carbocycles. The topological polar surface area (TPSA) is 77.6 Å². The van der Waals surface area contributed by atoms with Gasteiger partial charge in [0.1, 0.15) is 6.33 Å². The van der Waals surface area contributed by atoms with Gasteiger partial charge in [-0.25, -0.2) is 4.98 Å². The van der Waals surface area contributed by atoms with Gasteiger partial charge >= 0.3 is 0 Å². The van der Waals surface area contributed by atoms with E-state index in [1.807, 2.05) is 42.6 Å². The Morgan fingerprint density at radius 2 is 1.86 bits per heavy atom. The Kier molecular flexibility index (Phi) is 4.34. The first kappa shape index (κ1) is 17.0. The van der Waals surface area contributed by atoms with Gasteiger partial charge in [0.15, 0.2) is 0 Å². The van der Waals surface area contributed by atoms with Crippen LogP contribution in [0, 0.1) is 0 Å². The number of nitrogens with zero attached hydrogens (tertiary/aromatic N) is 6. The SMILES string of the molecule is O=c1c2c(-c3ccccc3)n3ncnc3nc2ccn1CCN1CCOCC1. The highest BCUT2D eigenvalue weighted by Gasteiger charge is 2.17. The number of hydrogen-bond acceptors (Lipinski definition) is 6. The first-order valence-electron chi connectivity index (χ1n) is 9.40. The molecule has 1 aliphatic heterocycles. The third-order valence-electron chi connectivity index (χ3n) is 5.15. The van der Waals surface area contributed by atoms with Crippen LogP contribution in [0.5, 0.6) is 0 Å². The third kappa shape index (κ3) is 2.96. The summed E-state index contributed by atoms with van der Waals surface area (Å²) in [5, 5.41) is 4.87. The molecule has 8 heteroatoms. The van der Waals surface area contributed by atoms with Crippen LogP contribution < -0.4 is 5.56 Å². The minimum absolute atomic E-state index is 0.0606. The van der Waals surface area contributed by atoms with Crippen LogP contribution in [-0.2, 0) is 11.3 Å². The highest BCUT2D eigenvalue weighted by molar-refractivity contribution is 5.93. The van der Waals surface area contributed by atoms with Crippen molar-refractivity contribution < 1.29 is 4.74 Å². The summed E-state index contributed by atoms with van der Waals surface area (Å²) >= 11 is 0. The number of morpholine rings is 1. The predicted octanol–water partition coefficient (Wildman–Crippen LogP) is 1.44. The standard InChI is InChI=1S/C20H20N6O2/c27-19-17-16(6-7-25(19)9-8-24-10-12-28-13-11-24)23-20-21-14-22-26(20)18(17)15-4-2-1-3-5-15/h1-7,14H,8-13H2. The largest absolute Gasteiger partial charge is 0.379 e. The zero-order valence-electron chi connectivity index (χ0n) is 15.4. The molecule has 5 rings (SSSR count). The second-order valence-electron chi connectivity index (χ2n) is 6.83. The molecule has 1 saturated heterocycles. The Hall–Kier alpha value is -3.10.